The van der Waals surface area contributed by atoms with Gasteiger partial charge in [0.2, 0.25) is 0 Å². The molecule has 4 aromatic heterocycles. The summed E-state index contributed by atoms with van der Waals surface area (Å²) in [4.78, 5) is 92.9. The van der Waals surface area contributed by atoms with Crippen molar-refractivity contribution in [2.24, 2.45) is 0 Å². The Morgan fingerprint density at radius 2 is 0.899 bits per heavy atom. The number of urea groups is 2. The van der Waals surface area contributed by atoms with Gasteiger partial charge in [-0.15, -0.1) is 0 Å². The van der Waals surface area contributed by atoms with Crippen molar-refractivity contribution >= 4 is 80.3 Å². The number of piperazine rings is 2. The molecule has 22 heteroatoms. The number of hydrogen-bond acceptors (Lipinski definition) is 14. The summed E-state index contributed by atoms with van der Waals surface area (Å²) in [7, 11) is 0. The quantitative estimate of drug-likeness (QED) is 0.0977. The fourth-order valence-corrected chi connectivity index (χ4v) is 12.7. The van der Waals surface area contributed by atoms with E-state index in [1.54, 1.807) is 72.8 Å². The highest BCUT2D eigenvalue weighted by Crippen LogP contribution is 2.35. The average molecular weight is 1200 g/mol. The van der Waals surface area contributed by atoms with E-state index in [0.29, 0.717) is 136 Å². The van der Waals surface area contributed by atoms with E-state index < -0.39 is 12.1 Å². The summed E-state index contributed by atoms with van der Waals surface area (Å²) in [6, 6.07) is 32.4. The zero-order valence-corrected chi connectivity index (χ0v) is 50.8. The molecule has 6 aliphatic rings. The molecule has 6 amide bonds. The predicted molar refractivity (Wildman–Crippen MR) is 345 cm³/mol. The number of carbonyl (C=O) groups is 4. The molecule has 4 aliphatic heterocycles. The van der Waals surface area contributed by atoms with Gasteiger partial charge in [0.1, 0.15) is 22.9 Å². The molecule has 4 saturated heterocycles. The molecule has 0 spiro atoms. The van der Waals surface area contributed by atoms with Crippen LogP contribution in [0.25, 0.3) is 44.8 Å². The maximum absolute atomic E-state index is 15.5. The minimum Gasteiger partial charge on any atom is -0.378 e. The van der Waals surface area contributed by atoms with Crippen LogP contribution in [0.2, 0.25) is 0 Å². The first-order valence-electron chi connectivity index (χ1n) is 31.6. The average Bonchev–Trinajstić information content (AvgIpc) is 2.47. The number of morpholine rings is 2. The number of amides is 6. The molecule has 8 aromatic rings. The van der Waals surface area contributed by atoms with Crippen LogP contribution in [0.4, 0.5) is 44.0 Å². The summed E-state index contributed by atoms with van der Waals surface area (Å²) in [5.74, 6) is 2.56. The first-order valence-corrected chi connectivity index (χ1v) is 31.6. The zero-order valence-electron chi connectivity index (χ0n) is 50.8. The molecular weight excluding hydrogens is 1120 g/mol. The van der Waals surface area contributed by atoms with E-state index in [-0.39, 0.29) is 17.9 Å². The van der Waals surface area contributed by atoms with Gasteiger partial charge in [-0.1, -0.05) is 0 Å². The molecular formula is C67H76N16O6. The van der Waals surface area contributed by atoms with Crippen LogP contribution in [0.5, 0.6) is 0 Å². The molecule has 4 aromatic carbocycles. The summed E-state index contributed by atoms with van der Waals surface area (Å²) < 4.78 is 15.7. The summed E-state index contributed by atoms with van der Waals surface area (Å²) in [6.07, 6.45) is 8.93. The van der Waals surface area contributed by atoms with Gasteiger partial charge in [0, 0.05) is 149 Å². The van der Waals surface area contributed by atoms with Gasteiger partial charge in [0.25, 0.3) is 11.8 Å². The Morgan fingerprint density at radius 1 is 0.494 bits per heavy atom. The van der Waals surface area contributed by atoms with Crippen LogP contribution in [0.1, 0.15) is 73.2 Å². The van der Waals surface area contributed by atoms with Crippen molar-refractivity contribution in [2.45, 2.75) is 71.1 Å². The molecule has 2 N–H and O–H groups in total. The molecule has 2 saturated carbocycles. The maximum atomic E-state index is 15.5. The van der Waals surface area contributed by atoms with Gasteiger partial charge in [-0.25, -0.2) is 29.5 Å². The Hall–Kier alpha value is -8.96. The lowest BCUT2D eigenvalue weighted by atomic mass is 10.1. The van der Waals surface area contributed by atoms with Crippen molar-refractivity contribution in [2.75, 3.05) is 135 Å². The minimum absolute atomic E-state index is 0.102. The predicted octanol–water partition coefficient (Wildman–Crippen LogP) is 9.32. The lowest BCUT2D eigenvalue weighted by Crippen LogP contribution is -2.54. The van der Waals surface area contributed by atoms with Crippen LogP contribution >= 0.6 is 0 Å². The van der Waals surface area contributed by atoms with Crippen molar-refractivity contribution < 1.29 is 28.7 Å². The highest BCUT2D eigenvalue weighted by molar-refractivity contribution is 6.13. The third-order valence-corrected chi connectivity index (χ3v) is 18.1. The monoisotopic (exact) mass is 1200 g/mol. The molecule has 0 unspecified atom stereocenters. The number of carbonyl (C=O) groups excluding carboxylic acids is 4. The Kier molecular flexibility index (Phi) is 16.2. The number of benzene rings is 4. The third kappa shape index (κ3) is 12.1. The largest absolute Gasteiger partial charge is 0.378 e. The Bertz CT molecular complexity index is 3870. The fourth-order valence-electron chi connectivity index (χ4n) is 12.7. The smallest absolute Gasteiger partial charge is 0.345 e. The first kappa shape index (κ1) is 57.8. The van der Waals surface area contributed by atoms with Gasteiger partial charge >= 0.3 is 12.1 Å². The highest BCUT2D eigenvalue weighted by atomic mass is 16.5. The number of aryl methyl sites for hydroxylation is 1. The molecule has 8 heterocycles. The van der Waals surface area contributed by atoms with Crippen molar-refractivity contribution in [3.05, 3.63) is 133 Å². The van der Waals surface area contributed by atoms with E-state index >= 15 is 9.59 Å². The number of hydrazine groups is 1. The second kappa shape index (κ2) is 24.9. The Labute approximate surface area is 517 Å². The summed E-state index contributed by atoms with van der Waals surface area (Å²) in [5.41, 5.74) is 5.52. The van der Waals surface area contributed by atoms with E-state index in [0.717, 1.165) is 77.6 Å². The van der Waals surface area contributed by atoms with Crippen molar-refractivity contribution in [3.8, 4) is 22.8 Å². The SMILES string of the molecule is CCn1ccc2c(N3CCOCC3)nc(-c3ccc(NC(=O)N(c4ccc(C(=O)N5CCN(C6CC6)CC5)cc4)N(C(=O)Nc4ccc(-c5nc(N6CCOCC6)c6ccn(C(C)C)c6n5)cc4)c4ccc(C(=O)N5CCN(C6CC6)CC5)cc4)cc3)nc21. The van der Waals surface area contributed by atoms with Crippen LogP contribution in [-0.4, -0.2) is 190 Å². The zero-order chi connectivity index (χ0) is 60.7. The Balaban J connectivity index is 0.800. The third-order valence-electron chi connectivity index (χ3n) is 18.1. The topological polar surface area (TPSA) is 198 Å². The molecule has 14 rings (SSSR count). The van der Waals surface area contributed by atoms with E-state index in [4.69, 9.17) is 29.4 Å². The lowest BCUT2D eigenvalue weighted by molar-refractivity contribution is 0.0621. The normalized spacial score (nSPS) is 17.8. The van der Waals surface area contributed by atoms with Gasteiger partial charge in [0.05, 0.1) is 48.6 Å². The molecule has 2 aliphatic carbocycles. The second-order valence-corrected chi connectivity index (χ2v) is 24.2. The number of nitrogens with zero attached hydrogens (tertiary/aromatic N) is 14. The van der Waals surface area contributed by atoms with Crippen molar-refractivity contribution in [1.82, 2.24) is 48.7 Å². The fraction of sp³-hybridized carbons (Fsp3) is 0.403. The number of hydrogen-bond donors (Lipinski definition) is 2. The summed E-state index contributed by atoms with van der Waals surface area (Å²) in [5, 5.41) is 10.7. The van der Waals surface area contributed by atoms with E-state index in [9.17, 15) is 9.59 Å². The molecule has 460 valence electrons. The second-order valence-electron chi connectivity index (χ2n) is 24.2. The van der Waals surface area contributed by atoms with Gasteiger partial charge in [0.15, 0.2) is 11.6 Å². The summed E-state index contributed by atoms with van der Waals surface area (Å²) >= 11 is 0. The van der Waals surface area contributed by atoms with Crippen LogP contribution in [0, 0.1) is 0 Å². The number of anilines is 6. The van der Waals surface area contributed by atoms with E-state index in [1.807, 2.05) is 40.3 Å². The number of ether oxygens (including phenoxy) is 2. The maximum Gasteiger partial charge on any atom is 0.345 e. The number of fused-ring (bicyclic) bond motifs is 2. The standard InChI is InChI=1S/C67H76N16O6/c1-4-74-27-25-56-60(74)70-58(71-61(56)77-37-41-88-42-38-77)46-5-13-50(14-6-46)68-66(86)82(54-17-9-48(10-18-54)64(84)79-33-29-75(30-34-79)52-21-22-52)83(55-19-11-49(12-20-55)65(85)80-35-31-76(32-36-80)53-23-24-53)67(87)69-51-15-7-47(8-16-51)59-72-62(78-39-43-89-44-40-78)57-26-28-81(45(2)3)63(57)73-59/h5-20,25-28,45,52-53H,4,21-24,29-44H2,1-3H3,(H,68,86)(H,69,87). The molecule has 0 atom stereocenters. The van der Waals surface area contributed by atoms with Crippen molar-refractivity contribution in [1.29, 1.82) is 0 Å². The van der Waals surface area contributed by atoms with Crippen LogP contribution in [0.15, 0.2) is 122 Å². The number of nitrogens with one attached hydrogen (secondary N) is 2. The highest BCUT2D eigenvalue weighted by Gasteiger charge is 2.36. The molecule has 22 nitrogen and oxygen atoms in total. The Morgan fingerprint density at radius 3 is 1.30 bits per heavy atom. The van der Waals surface area contributed by atoms with E-state index in [2.05, 4.69) is 78.5 Å². The van der Waals surface area contributed by atoms with Crippen molar-refractivity contribution in [3.63, 3.8) is 0 Å². The van der Waals surface area contributed by atoms with Gasteiger partial charge in [-0.2, -0.15) is 10.0 Å². The summed E-state index contributed by atoms with van der Waals surface area (Å²) in [6.45, 7) is 18.1. The number of aromatic nitrogens is 6. The van der Waals surface area contributed by atoms with Crippen LogP contribution < -0.4 is 30.5 Å². The van der Waals surface area contributed by atoms with Gasteiger partial charge in [-0.3, -0.25) is 19.4 Å². The first-order chi connectivity index (χ1) is 43.5. The van der Waals surface area contributed by atoms with Gasteiger partial charge in [-0.05, 0) is 156 Å². The van der Waals surface area contributed by atoms with Crippen LogP contribution in [0.3, 0.4) is 0 Å². The van der Waals surface area contributed by atoms with E-state index in [1.165, 1.54) is 35.7 Å². The minimum atomic E-state index is -0.685. The van der Waals surface area contributed by atoms with Crippen LogP contribution in [-0.2, 0) is 16.0 Å². The van der Waals surface area contributed by atoms with Gasteiger partial charge < -0.3 is 48.8 Å². The number of rotatable bonds is 14. The molecule has 0 radical (unpaired) electrons. The molecule has 6 fully saturated rings. The molecule has 0 bridgehead atoms. The molecule has 89 heavy (non-hydrogen) atoms. The lowest BCUT2D eigenvalue weighted by Gasteiger charge is -2.36.